The molecule has 1 aromatic heterocycles. The van der Waals surface area contributed by atoms with Gasteiger partial charge in [-0.05, 0) is 65.8 Å². The Hall–Kier alpha value is -1.12. The molecular weight excluding hydrogens is 226 g/mol. The molecule has 0 amide bonds. The van der Waals surface area contributed by atoms with Crippen LogP contribution in [0.2, 0.25) is 0 Å². The number of nitrogens with two attached hydrogens (primary N) is 1. The molecule has 90 valence electrons. The van der Waals surface area contributed by atoms with Gasteiger partial charge in [0.2, 0.25) is 0 Å². The van der Waals surface area contributed by atoms with Crippen molar-refractivity contribution in [2.75, 3.05) is 0 Å². The number of hydrogen-bond donors (Lipinski definition) is 1. The Kier molecular flexibility index (Phi) is 3.97. The Morgan fingerprint density at radius 2 is 2.00 bits per heavy atom. The highest BCUT2D eigenvalue weighted by atomic mass is 32.1. The third-order valence-corrected chi connectivity index (χ3v) is 4.02. The largest absolute Gasteiger partial charge is 0.324 e. The molecule has 0 aliphatic carbocycles. The average molecular weight is 245 g/mol. The topological polar surface area (TPSA) is 26.0 Å². The number of thiophene rings is 1. The van der Waals surface area contributed by atoms with Crippen molar-refractivity contribution in [3.05, 3.63) is 57.3 Å². The van der Waals surface area contributed by atoms with Gasteiger partial charge in [0.15, 0.2) is 0 Å². The molecule has 1 atom stereocenters. The van der Waals surface area contributed by atoms with Crippen LogP contribution in [0.5, 0.6) is 0 Å². The van der Waals surface area contributed by atoms with E-state index in [0.717, 1.165) is 12.8 Å². The number of hydrogen-bond acceptors (Lipinski definition) is 2. The molecule has 17 heavy (non-hydrogen) atoms. The van der Waals surface area contributed by atoms with Crippen molar-refractivity contribution in [2.24, 2.45) is 5.73 Å². The van der Waals surface area contributed by atoms with E-state index in [4.69, 9.17) is 5.73 Å². The predicted octanol–water partition coefficient (Wildman–Crippen LogP) is 4.00. The van der Waals surface area contributed by atoms with Crippen molar-refractivity contribution >= 4 is 11.3 Å². The molecular formula is C15H19NS. The standard InChI is InChI=1S/C15H19NS/c1-11-3-5-14(9-12(11)2)15(16)6-4-13-7-8-17-10-13/h3,5,7-10,15H,4,6,16H2,1-2H3. The zero-order valence-corrected chi connectivity index (χ0v) is 11.3. The number of rotatable bonds is 4. The van der Waals surface area contributed by atoms with Gasteiger partial charge in [-0.2, -0.15) is 11.3 Å². The van der Waals surface area contributed by atoms with E-state index < -0.39 is 0 Å². The van der Waals surface area contributed by atoms with Gasteiger partial charge in [0.05, 0.1) is 0 Å². The summed E-state index contributed by atoms with van der Waals surface area (Å²) >= 11 is 1.75. The Morgan fingerprint density at radius 1 is 1.18 bits per heavy atom. The van der Waals surface area contributed by atoms with E-state index in [1.54, 1.807) is 11.3 Å². The van der Waals surface area contributed by atoms with Crippen LogP contribution < -0.4 is 5.73 Å². The molecule has 1 aromatic carbocycles. The second kappa shape index (κ2) is 5.48. The van der Waals surface area contributed by atoms with Crippen LogP contribution in [-0.2, 0) is 6.42 Å². The summed E-state index contributed by atoms with van der Waals surface area (Å²) in [4.78, 5) is 0. The van der Waals surface area contributed by atoms with E-state index in [1.807, 2.05) is 0 Å². The highest BCUT2D eigenvalue weighted by molar-refractivity contribution is 7.07. The third-order valence-electron chi connectivity index (χ3n) is 3.28. The highest BCUT2D eigenvalue weighted by Crippen LogP contribution is 2.20. The normalized spacial score (nSPS) is 12.6. The van der Waals surface area contributed by atoms with E-state index >= 15 is 0 Å². The summed E-state index contributed by atoms with van der Waals surface area (Å²) in [7, 11) is 0. The first-order valence-electron chi connectivity index (χ1n) is 6.00. The molecule has 0 aliphatic heterocycles. The van der Waals surface area contributed by atoms with Crippen molar-refractivity contribution in [2.45, 2.75) is 32.7 Å². The lowest BCUT2D eigenvalue weighted by Crippen LogP contribution is -2.11. The van der Waals surface area contributed by atoms with Crippen molar-refractivity contribution < 1.29 is 0 Å². The van der Waals surface area contributed by atoms with E-state index in [9.17, 15) is 0 Å². The van der Waals surface area contributed by atoms with Gasteiger partial charge in [-0.25, -0.2) is 0 Å². The Morgan fingerprint density at radius 3 is 2.65 bits per heavy atom. The van der Waals surface area contributed by atoms with Crippen LogP contribution in [0.15, 0.2) is 35.0 Å². The third kappa shape index (κ3) is 3.18. The Labute approximate surface area is 107 Å². The molecule has 0 saturated carbocycles. The molecule has 1 unspecified atom stereocenters. The fraction of sp³-hybridized carbons (Fsp3) is 0.333. The molecule has 1 nitrogen and oxygen atoms in total. The minimum absolute atomic E-state index is 0.147. The van der Waals surface area contributed by atoms with Crippen LogP contribution in [0.3, 0.4) is 0 Å². The molecule has 2 rings (SSSR count). The minimum atomic E-state index is 0.147. The molecule has 2 N–H and O–H groups in total. The molecule has 2 heteroatoms. The quantitative estimate of drug-likeness (QED) is 0.865. The lowest BCUT2D eigenvalue weighted by Gasteiger charge is -2.13. The van der Waals surface area contributed by atoms with Crippen LogP contribution in [0.25, 0.3) is 0 Å². The first-order chi connectivity index (χ1) is 8.16. The summed E-state index contributed by atoms with van der Waals surface area (Å²) in [5, 5.41) is 4.32. The maximum atomic E-state index is 6.23. The van der Waals surface area contributed by atoms with Gasteiger partial charge in [0, 0.05) is 6.04 Å². The first kappa shape index (κ1) is 12.3. The zero-order valence-electron chi connectivity index (χ0n) is 10.4. The number of benzene rings is 1. The SMILES string of the molecule is Cc1ccc(C(N)CCc2ccsc2)cc1C. The fourth-order valence-electron chi connectivity index (χ4n) is 1.92. The van der Waals surface area contributed by atoms with Gasteiger partial charge >= 0.3 is 0 Å². The van der Waals surface area contributed by atoms with E-state index in [0.29, 0.717) is 0 Å². The monoisotopic (exact) mass is 245 g/mol. The smallest absolute Gasteiger partial charge is 0.0298 e. The first-order valence-corrected chi connectivity index (χ1v) is 6.95. The summed E-state index contributed by atoms with van der Waals surface area (Å²) in [6.07, 6.45) is 2.08. The Balaban J connectivity index is 1.99. The van der Waals surface area contributed by atoms with E-state index in [1.165, 1.54) is 22.3 Å². The van der Waals surface area contributed by atoms with Gasteiger partial charge in [0.1, 0.15) is 0 Å². The number of aryl methyl sites for hydroxylation is 3. The van der Waals surface area contributed by atoms with Crippen LogP contribution >= 0.6 is 11.3 Å². The van der Waals surface area contributed by atoms with Gasteiger partial charge in [-0.15, -0.1) is 0 Å². The summed E-state index contributed by atoms with van der Waals surface area (Å²) in [5.74, 6) is 0. The lowest BCUT2D eigenvalue weighted by atomic mass is 9.97. The molecule has 0 fully saturated rings. The summed E-state index contributed by atoms with van der Waals surface area (Å²) < 4.78 is 0. The van der Waals surface area contributed by atoms with Gasteiger partial charge < -0.3 is 5.73 Å². The second-order valence-corrected chi connectivity index (χ2v) is 5.40. The van der Waals surface area contributed by atoms with Crippen LogP contribution in [-0.4, -0.2) is 0 Å². The lowest BCUT2D eigenvalue weighted by molar-refractivity contribution is 0.651. The summed E-state index contributed by atoms with van der Waals surface area (Å²) in [6.45, 7) is 4.28. The maximum absolute atomic E-state index is 6.23. The zero-order chi connectivity index (χ0) is 12.3. The molecule has 0 saturated heterocycles. The summed E-state index contributed by atoms with van der Waals surface area (Å²) in [5.41, 5.74) is 11.5. The van der Waals surface area contributed by atoms with Gasteiger partial charge in [0.25, 0.3) is 0 Å². The summed E-state index contributed by atoms with van der Waals surface area (Å²) in [6, 6.07) is 8.86. The average Bonchev–Trinajstić information content (AvgIpc) is 2.82. The second-order valence-electron chi connectivity index (χ2n) is 4.62. The van der Waals surface area contributed by atoms with Crippen molar-refractivity contribution in [3.63, 3.8) is 0 Å². The van der Waals surface area contributed by atoms with Gasteiger partial charge in [-0.1, -0.05) is 18.2 Å². The van der Waals surface area contributed by atoms with Gasteiger partial charge in [-0.3, -0.25) is 0 Å². The van der Waals surface area contributed by atoms with E-state index in [-0.39, 0.29) is 6.04 Å². The maximum Gasteiger partial charge on any atom is 0.0298 e. The molecule has 0 radical (unpaired) electrons. The van der Waals surface area contributed by atoms with Crippen molar-refractivity contribution in [1.29, 1.82) is 0 Å². The minimum Gasteiger partial charge on any atom is -0.324 e. The molecule has 0 aliphatic rings. The molecule has 2 aromatic rings. The van der Waals surface area contributed by atoms with Crippen molar-refractivity contribution in [1.82, 2.24) is 0 Å². The van der Waals surface area contributed by atoms with Crippen LogP contribution in [0.1, 0.15) is 34.7 Å². The highest BCUT2D eigenvalue weighted by Gasteiger charge is 2.07. The fourth-order valence-corrected chi connectivity index (χ4v) is 2.62. The van der Waals surface area contributed by atoms with Crippen LogP contribution in [0, 0.1) is 13.8 Å². The Bertz CT molecular complexity index is 474. The van der Waals surface area contributed by atoms with Crippen LogP contribution in [0.4, 0.5) is 0 Å². The van der Waals surface area contributed by atoms with Crippen molar-refractivity contribution in [3.8, 4) is 0 Å². The molecule has 0 bridgehead atoms. The molecule has 0 spiro atoms. The molecule has 1 heterocycles. The predicted molar refractivity (Wildman–Crippen MR) is 75.5 cm³/mol. The van der Waals surface area contributed by atoms with E-state index in [2.05, 4.69) is 48.9 Å².